The fourth-order valence-corrected chi connectivity index (χ4v) is 4.12. The van der Waals surface area contributed by atoms with E-state index in [4.69, 9.17) is 5.73 Å². The van der Waals surface area contributed by atoms with Gasteiger partial charge in [0.2, 0.25) is 0 Å². The van der Waals surface area contributed by atoms with Crippen molar-refractivity contribution in [1.82, 2.24) is 5.32 Å². The van der Waals surface area contributed by atoms with Crippen molar-refractivity contribution in [2.24, 2.45) is 5.73 Å². The summed E-state index contributed by atoms with van der Waals surface area (Å²) in [6.45, 7) is 2.27. The van der Waals surface area contributed by atoms with Crippen molar-refractivity contribution in [2.45, 2.75) is 68.8 Å². The van der Waals surface area contributed by atoms with Gasteiger partial charge in [-0.05, 0) is 44.3 Å². The number of hydrogen-bond acceptors (Lipinski definition) is 3. The van der Waals surface area contributed by atoms with E-state index in [2.05, 4.69) is 24.0 Å². The van der Waals surface area contributed by atoms with Crippen LogP contribution in [-0.2, 0) is 0 Å². The van der Waals surface area contributed by atoms with Gasteiger partial charge in [0.05, 0.1) is 0 Å². The van der Waals surface area contributed by atoms with Crippen LogP contribution in [0.15, 0.2) is 0 Å². The van der Waals surface area contributed by atoms with Crippen LogP contribution in [0.5, 0.6) is 0 Å². The van der Waals surface area contributed by atoms with E-state index in [1.165, 1.54) is 44.3 Å². The minimum absolute atomic E-state index is 0.463. The second-order valence-corrected chi connectivity index (χ2v) is 6.60. The Morgan fingerprint density at radius 2 is 1.87 bits per heavy atom. The summed E-state index contributed by atoms with van der Waals surface area (Å²) in [7, 11) is 0. The van der Waals surface area contributed by atoms with Gasteiger partial charge in [-0.25, -0.2) is 0 Å². The number of hydrogen-bond donors (Lipinski definition) is 2. The van der Waals surface area contributed by atoms with E-state index in [1.54, 1.807) is 0 Å². The molecule has 2 aliphatic carbocycles. The van der Waals surface area contributed by atoms with E-state index in [-0.39, 0.29) is 0 Å². The molecule has 0 aromatic heterocycles. The molecule has 15 heavy (non-hydrogen) atoms. The molecule has 3 heteroatoms. The van der Waals surface area contributed by atoms with E-state index in [9.17, 15) is 0 Å². The minimum Gasteiger partial charge on any atom is -0.328 e. The molecule has 0 saturated heterocycles. The average molecular weight is 228 g/mol. The quantitative estimate of drug-likeness (QED) is 0.774. The van der Waals surface area contributed by atoms with Crippen LogP contribution in [0.3, 0.4) is 0 Å². The predicted molar refractivity (Wildman–Crippen MR) is 68.3 cm³/mol. The van der Waals surface area contributed by atoms with Crippen LogP contribution in [0.4, 0.5) is 0 Å². The van der Waals surface area contributed by atoms with Crippen molar-refractivity contribution in [2.75, 3.05) is 5.75 Å². The zero-order valence-corrected chi connectivity index (χ0v) is 10.6. The molecule has 0 radical (unpaired) electrons. The molecular formula is C12H24N2S. The van der Waals surface area contributed by atoms with Crippen LogP contribution in [0.25, 0.3) is 0 Å². The first-order valence-electron chi connectivity index (χ1n) is 6.41. The van der Waals surface area contributed by atoms with Gasteiger partial charge in [-0.2, -0.15) is 11.8 Å². The average Bonchev–Trinajstić information content (AvgIpc) is 2.78. The van der Waals surface area contributed by atoms with E-state index in [0.29, 0.717) is 6.04 Å². The lowest BCUT2D eigenvalue weighted by Crippen LogP contribution is -2.36. The Morgan fingerprint density at radius 1 is 1.13 bits per heavy atom. The van der Waals surface area contributed by atoms with Crippen LogP contribution in [0, 0.1) is 0 Å². The standard InChI is InChI=1S/C12H24N2S/c1-2-15-12-6-5-11(8-12)14-10-4-3-9(13)7-10/h9-12,14H,2-8,13H2,1H3. The molecule has 0 spiro atoms. The first-order valence-corrected chi connectivity index (χ1v) is 7.46. The van der Waals surface area contributed by atoms with Crippen LogP contribution in [-0.4, -0.2) is 29.1 Å². The maximum absolute atomic E-state index is 5.93. The highest BCUT2D eigenvalue weighted by molar-refractivity contribution is 7.99. The summed E-state index contributed by atoms with van der Waals surface area (Å²) in [5.41, 5.74) is 5.93. The van der Waals surface area contributed by atoms with E-state index in [1.807, 2.05) is 0 Å². The van der Waals surface area contributed by atoms with Gasteiger partial charge in [-0.3, -0.25) is 0 Å². The first-order chi connectivity index (χ1) is 7.28. The number of nitrogens with one attached hydrogen (secondary N) is 1. The minimum atomic E-state index is 0.463. The molecule has 2 rings (SSSR count). The Kier molecular flexibility index (Phi) is 4.35. The monoisotopic (exact) mass is 228 g/mol. The molecule has 4 unspecified atom stereocenters. The van der Waals surface area contributed by atoms with Crippen molar-refractivity contribution in [3.05, 3.63) is 0 Å². The van der Waals surface area contributed by atoms with Gasteiger partial charge in [0.15, 0.2) is 0 Å². The van der Waals surface area contributed by atoms with Crippen LogP contribution in [0.1, 0.15) is 45.4 Å². The Bertz CT molecular complexity index is 198. The molecule has 0 aromatic carbocycles. The van der Waals surface area contributed by atoms with Gasteiger partial charge in [-0.1, -0.05) is 6.92 Å². The summed E-state index contributed by atoms with van der Waals surface area (Å²) in [4.78, 5) is 0. The third-order valence-corrected chi connectivity index (χ3v) is 4.96. The fourth-order valence-electron chi connectivity index (χ4n) is 2.98. The third-order valence-electron chi connectivity index (χ3n) is 3.73. The maximum Gasteiger partial charge on any atom is 0.00849 e. The Hall–Kier alpha value is 0.270. The first kappa shape index (κ1) is 11.7. The highest BCUT2D eigenvalue weighted by Crippen LogP contribution is 2.31. The van der Waals surface area contributed by atoms with Crippen molar-refractivity contribution >= 4 is 11.8 Å². The topological polar surface area (TPSA) is 38.0 Å². The summed E-state index contributed by atoms with van der Waals surface area (Å²) >= 11 is 2.14. The van der Waals surface area contributed by atoms with Crippen LogP contribution < -0.4 is 11.1 Å². The lowest BCUT2D eigenvalue weighted by atomic mass is 10.2. The molecule has 0 heterocycles. The molecule has 0 bridgehead atoms. The summed E-state index contributed by atoms with van der Waals surface area (Å²) in [6.07, 6.45) is 7.88. The largest absolute Gasteiger partial charge is 0.328 e. The molecule has 88 valence electrons. The smallest absolute Gasteiger partial charge is 0.00849 e. The normalized spacial score (nSPS) is 41.2. The molecule has 2 aliphatic rings. The molecule has 2 fully saturated rings. The second-order valence-electron chi connectivity index (χ2n) is 5.02. The lowest BCUT2D eigenvalue weighted by molar-refractivity contribution is 0.432. The zero-order chi connectivity index (χ0) is 10.7. The molecule has 2 saturated carbocycles. The Morgan fingerprint density at radius 3 is 2.53 bits per heavy atom. The molecule has 0 aromatic rings. The van der Waals surface area contributed by atoms with Crippen molar-refractivity contribution < 1.29 is 0 Å². The summed E-state index contributed by atoms with van der Waals surface area (Å²) in [5.74, 6) is 1.27. The SMILES string of the molecule is CCSC1CCC(NC2CCC(N)C2)C1. The molecule has 3 N–H and O–H groups in total. The second kappa shape index (κ2) is 5.55. The van der Waals surface area contributed by atoms with Crippen molar-refractivity contribution in [3.8, 4) is 0 Å². The van der Waals surface area contributed by atoms with Gasteiger partial charge in [0.25, 0.3) is 0 Å². The summed E-state index contributed by atoms with van der Waals surface area (Å²) in [5, 5.41) is 4.72. The maximum atomic E-state index is 5.93. The fraction of sp³-hybridized carbons (Fsp3) is 1.00. The molecule has 2 nitrogen and oxygen atoms in total. The molecular weight excluding hydrogens is 204 g/mol. The summed E-state index contributed by atoms with van der Waals surface area (Å²) < 4.78 is 0. The zero-order valence-electron chi connectivity index (χ0n) is 9.74. The molecule has 4 atom stereocenters. The Balaban J connectivity index is 1.68. The number of rotatable bonds is 4. The highest BCUT2D eigenvalue weighted by atomic mass is 32.2. The lowest BCUT2D eigenvalue weighted by Gasteiger charge is -2.18. The van der Waals surface area contributed by atoms with Crippen molar-refractivity contribution in [1.29, 1.82) is 0 Å². The van der Waals surface area contributed by atoms with Crippen LogP contribution in [0.2, 0.25) is 0 Å². The van der Waals surface area contributed by atoms with E-state index >= 15 is 0 Å². The predicted octanol–water partition coefficient (Wildman–Crippen LogP) is 2.13. The van der Waals surface area contributed by atoms with Gasteiger partial charge >= 0.3 is 0 Å². The Labute approximate surface area is 97.8 Å². The summed E-state index contributed by atoms with van der Waals surface area (Å²) in [6, 6.07) is 1.96. The van der Waals surface area contributed by atoms with Gasteiger partial charge in [0.1, 0.15) is 0 Å². The van der Waals surface area contributed by atoms with E-state index < -0.39 is 0 Å². The molecule has 0 aliphatic heterocycles. The van der Waals surface area contributed by atoms with Crippen LogP contribution >= 0.6 is 11.8 Å². The van der Waals surface area contributed by atoms with Gasteiger partial charge < -0.3 is 11.1 Å². The van der Waals surface area contributed by atoms with Gasteiger partial charge in [0, 0.05) is 23.4 Å². The van der Waals surface area contributed by atoms with E-state index in [0.717, 1.165) is 17.3 Å². The van der Waals surface area contributed by atoms with Crippen molar-refractivity contribution in [3.63, 3.8) is 0 Å². The number of nitrogens with two attached hydrogens (primary N) is 1. The number of thioether (sulfide) groups is 1. The molecule has 0 amide bonds. The van der Waals surface area contributed by atoms with Gasteiger partial charge in [-0.15, -0.1) is 0 Å². The highest BCUT2D eigenvalue weighted by Gasteiger charge is 2.29. The third kappa shape index (κ3) is 3.36.